The highest BCUT2D eigenvalue weighted by molar-refractivity contribution is 5.92. The van der Waals surface area contributed by atoms with E-state index < -0.39 is 23.2 Å². The van der Waals surface area contributed by atoms with Gasteiger partial charge in [-0.2, -0.15) is 18.3 Å². The molecule has 0 saturated carbocycles. The lowest BCUT2D eigenvalue weighted by Gasteiger charge is -2.10. The van der Waals surface area contributed by atoms with Crippen molar-refractivity contribution in [3.63, 3.8) is 0 Å². The number of carbonyl (C=O) groups is 1. The lowest BCUT2D eigenvalue weighted by Crippen LogP contribution is -2.28. The molecule has 0 aliphatic rings. The summed E-state index contributed by atoms with van der Waals surface area (Å²) in [6, 6.07) is 9.56. The van der Waals surface area contributed by atoms with Crippen LogP contribution in [0.1, 0.15) is 21.6 Å². The van der Waals surface area contributed by atoms with Crippen LogP contribution in [-0.4, -0.2) is 36.9 Å². The molecule has 0 unspecified atom stereocenters. The molecule has 5 rings (SSSR count). The second kappa shape index (κ2) is 9.17. The number of benzene rings is 1. The van der Waals surface area contributed by atoms with E-state index in [1.165, 1.54) is 46.2 Å². The number of amides is 1. The number of fused-ring (bicyclic) bond motifs is 1. The summed E-state index contributed by atoms with van der Waals surface area (Å²) >= 11 is 0. The van der Waals surface area contributed by atoms with Crippen LogP contribution in [0.5, 0.6) is 0 Å². The Morgan fingerprint density at radius 2 is 1.97 bits per heavy atom. The molecule has 1 N–H and O–H groups in total. The van der Waals surface area contributed by atoms with E-state index in [1.807, 2.05) is 0 Å². The molecule has 4 heterocycles. The molecule has 1 amide bonds. The Bertz CT molecular complexity index is 1580. The van der Waals surface area contributed by atoms with Gasteiger partial charge in [-0.05, 0) is 29.8 Å². The molecular weight excluding hydrogens is 481 g/mol. The summed E-state index contributed by atoms with van der Waals surface area (Å²) in [5, 5.41) is 10.8. The summed E-state index contributed by atoms with van der Waals surface area (Å²) < 4.78 is 51.9. The fourth-order valence-electron chi connectivity index (χ4n) is 3.60. The first-order valence-electron chi connectivity index (χ1n) is 10.7. The Hall–Kier alpha value is -4.68. The van der Waals surface area contributed by atoms with Crippen LogP contribution in [0.15, 0.2) is 75.0 Å². The highest BCUT2D eigenvalue weighted by Crippen LogP contribution is 2.29. The molecule has 1 aromatic carbocycles. The van der Waals surface area contributed by atoms with Crippen LogP contribution in [0.3, 0.4) is 0 Å². The molecule has 4 aromatic heterocycles. The average molecular weight is 498 g/mol. The van der Waals surface area contributed by atoms with Gasteiger partial charge in [0.05, 0.1) is 31.1 Å². The van der Waals surface area contributed by atoms with Gasteiger partial charge in [0.1, 0.15) is 11.7 Å². The maximum atomic E-state index is 13.0. The number of hydrogen-bond donors (Lipinski definition) is 1. The molecule has 0 saturated heterocycles. The first kappa shape index (κ1) is 23.1. The SMILES string of the molecule is O=C(NCCn1ncc2c(=O)n(Cc3cccc(C(F)(F)F)c3)cnc21)c1cc(-c2ccco2)on1. The van der Waals surface area contributed by atoms with Crippen molar-refractivity contribution in [2.75, 3.05) is 6.54 Å². The van der Waals surface area contributed by atoms with Crippen molar-refractivity contribution in [3.05, 3.63) is 88.4 Å². The third kappa shape index (κ3) is 4.62. The highest BCUT2D eigenvalue weighted by Gasteiger charge is 2.30. The molecule has 184 valence electrons. The Morgan fingerprint density at radius 3 is 2.75 bits per heavy atom. The second-order valence-electron chi connectivity index (χ2n) is 7.79. The zero-order valence-electron chi connectivity index (χ0n) is 18.4. The quantitative estimate of drug-likeness (QED) is 0.365. The third-order valence-electron chi connectivity index (χ3n) is 5.35. The fourth-order valence-corrected chi connectivity index (χ4v) is 3.60. The van der Waals surface area contributed by atoms with Crippen LogP contribution in [0.25, 0.3) is 22.6 Å². The van der Waals surface area contributed by atoms with E-state index in [-0.39, 0.29) is 36.4 Å². The normalized spacial score (nSPS) is 11.8. The minimum Gasteiger partial charge on any atom is -0.461 e. The lowest BCUT2D eigenvalue weighted by atomic mass is 10.1. The van der Waals surface area contributed by atoms with Crippen molar-refractivity contribution in [3.8, 4) is 11.5 Å². The Morgan fingerprint density at radius 1 is 1.11 bits per heavy atom. The van der Waals surface area contributed by atoms with Gasteiger partial charge in [-0.3, -0.25) is 14.2 Å². The van der Waals surface area contributed by atoms with E-state index in [4.69, 9.17) is 8.94 Å². The van der Waals surface area contributed by atoms with Crippen LogP contribution < -0.4 is 10.9 Å². The summed E-state index contributed by atoms with van der Waals surface area (Å²) in [6.45, 7) is 0.292. The van der Waals surface area contributed by atoms with Crippen LogP contribution in [0.4, 0.5) is 13.2 Å². The minimum atomic E-state index is -4.48. The number of hydrogen-bond acceptors (Lipinski definition) is 7. The van der Waals surface area contributed by atoms with E-state index in [1.54, 1.807) is 12.1 Å². The van der Waals surface area contributed by atoms with Crippen molar-refractivity contribution < 1.29 is 26.9 Å². The van der Waals surface area contributed by atoms with Gasteiger partial charge in [0.25, 0.3) is 11.5 Å². The summed E-state index contributed by atoms with van der Waals surface area (Å²) in [6.07, 6.45) is -0.412. The molecule has 13 heteroatoms. The zero-order valence-corrected chi connectivity index (χ0v) is 18.4. The number of nitrogens with one attached hydrogen (secondary N) is 1. The van der Waals surface area contributed by atoms with Gasteiger partial charge in [-0.1, -0.05) is 17.3 Å². The number of alkyl halides is 3. The number of carbonyl (C=O) groups excluding carboxylic acids is 1. The molecule has 36 heavy (non-hydrogen) atoms. The van der Waals surface area contributed by atoms with E-state index in [2.05, 4.69) is 20.6 Å². The van der Waals surface area contributed by atoms with Crippen molar-refractivity contribution in [1.29, 1.82) is 0 Å². The van der Waals surface area contributed by atoms with Crippen LogP contribution in [0.2, 0.25) is 0 Å². The first-order valence-corrected chi connectivity index (χ1v) is 10.7. The second-order valence-corrected chi connectivity index (χ2v) is 7.79. The molecule has 0 bridgehead atoms. The number of aromatic nitrogens is 5. The van der Waals surface area contributed by atoms with Gasteiger partial charge in [0, 0.05) is 12.6 Å². The van der Waals surface area contributed by atoms with Gasteiger partial charge in [0.2, 0.25) is 5.76 Å². The van der Waals surface area contributed by atoms with E-state index in [0.717, 1.165) is 12.1 Å². The van der Waals surface area contributed by atoms with Crippen molar-refractivity contribution >= 4 is 16.9 Å². The van der Waals surface area contributed by atoms with Crippen molar-refractivity contribution in [2.24, 2.45) is 0 Å². The predicted molar refractivity (Wildman–Crippen MR) is 119 cm³/mol. The van der Waals surface area contributed by atoms with E-state index in [9.17, 15) is 22.8 Å². The van der Waals surface area contributed by atoms with Gasteiger partial charge in [-0.25, -0.2) is 9.67 Å². The molecule has 0 atom stereocenters. The van der Waals surface area contributed by atoms with E-state index >= 15 is 0 Å². The van der Waals surface area contributed by atoms with Gasteiger partial charge >= 0.3 is 6.18 Å². The average Bonchev–Trinajstić information content (AvgIpc) is 3.61. The first-order chi connectivity index (χ1) is 17.3. The standard InChI is InChI=1S/C23H17F3N6O4/c24-23(25,26)15-4-1-3-14(9-15)12-31-13-28-20-16(22(31)34)11-29-32(20)7-6-27-21(33)17-10-19(36-30-17)18-5-2-8-35-18/h1-5,8-11,13H,6-7,12H2,(H,27,33). The fraction of sp³-hybridized carbons (Fsp3) is 0.174. The monoisotopic (exact) mass is 498 g/mol. The number of nitrogens with zero attached hydrogens (tertiary/aromatic N) is 5. The van der Waals surface area contributed by atoms with Crippen LogP contribution in [0, 0.1) is 0 Å². The Balaban J connectivity index is 1.25. The lowest BCUT2D eigenvalue weighted by molar-refractivity contribution is -0.137. The molecule has 0 fully saturated rings. The van der Waals surface area contributed by atoms with Gasteiger partial charge < -0.3 is 14.3 Å². The smallest absolute Gasteiger partial charge is 0.416 e. The topological polar surface area (TPSA) is 121 Å². The zero-order chi connectivity index (χ0) is 25.3. The number of rotatable bonds is 7. The highest BCUT2D eigenvalue weighted by atomic mass is 19.4. The van der Waals surface area contributed by atoms with Gasteiger partial charge in [0.15, 0.2) is 17.1 Å². The predicted octanol–water partition coefficient (Wildman–Crippen LogP) is 3.34. The van der Waals surface area contributed by atoms with Crippen molar-refractivity contribution in [1.82, 2.24) is 29.8 Å². The number of halogens is 3. The maximum absolute atomic E-state index is 13.0. The summed E-state index contributed by atoms with van der Waals surface area (Å²) in [7, 11) is 0. The molecular formula is C23H17F3N6O4. The van der Waals surface area contributed by atoms with Crippen LogP contribution >= 0.6 is 0 Å². The Labute approximate surface area is 199 Å². The molecule has 0 aliphatic carbocycles. The molecule has 0 aliphatic heterocycles. The minimum absolute atomic E-state index is 0.0716. The molecule has 0 radical (unpaired) electrons. The molecule has 5 aromatic rings. The van der Waals surface area contributed by atoms with Gasteiger partial charge in [-0.15, -0.1) is 0 Å². The van der Waals surface area contributed by atoms with E-state index in [0.29, 0.717) is 17.1 Å². The summed E-state index contributed by atoms with van der Waals surface area (Å²) in [4.78, 5) is 29.4. The number of furan rings is 1. The Kier molecular flexibility index (Phi) is 5.88. The summed E-state index contributed by atoms with van der Waals surface area (Å²) in [5.41, 5.74) is -0.565. The third-order valence-corrected chi connectivity index (χ3v) is 5.35. The largest absolute Gasteiger partial charge is 0.461 e. The molecule has 10 nitrogen and oxygen atoms in total. The molecule has 0 spiro atoms. The maximum Gasteiger partial charge on any atom is 0.416 e. The van der Waals surface area contributed by atoms with Crippen LogP contribution in [-0.2, 0) is 19.3 Å². The van der Waals surface area contributed by atoms with Crippen molar-refractivity contribution in [2.45, 2.75) is 19.3 Å². The summed E-state index contributed by atoms with van der Waals surface area (Å²) in [5.74, 6) is 0.285.